The fourth-order valence-corrected chi connectivity index (χ4v) is 4.21. The van der Waals surface area contributed by atoms with Crippen molar-refractivity contribution in [2.24, 2.45) is 0 Å². The second-order valence-electron chi connectivity index (χ2n) is 9.47. The number of hydrogen-bond acceptors (Lipinski definition) is 9. The second kappa shape index (κ2) is 17.2. The van der Waals surface area contributed by atoms with Gasteiger partial charge in [0, 0.05) is 6.42 Å². The van der Waals surface area contributed by atoms with Crippen molar-refractivity contribution in [3.05, 3.63) is 29.0 Å². The molecule has 1 fully saturated rings. The number of aliphatic hydroxyl groups is 2. The number of ether oxygens (including phenoxy) is 2. The van der Waals surface area contributed by atoms with E-state index < -0.39 is 30.2 Å². The molecule has 1 aromatic heterocycles. The number of anilines is 1. The van der Waals surface area contributed by atoms with Gasteiger partial charge in [0.2, 0.25) is 5.95 Å². The van der Waals surface area contributed by atoms with Crippen LogP contribution in [0.3, 0.4) is 0 Å². The van der Waals surface area contributed by atoms with Gasteiger partial charge in [0.05, 0.1) is 0 Å². The summed E-state index contributed by atoms with van der Waals surface area (Å²) in [6.45, 7) is 2.02. The molecule has 0 amide bonds. The number of hydrogen-bond donors (Lipinski definition) is 3. The van der Waals surface area contributed by atoms with Gasteiger partial charge in [-0.05, 0) is 32.1 Å². The summed E-state index contributed by atoms with van der Waals surface area (Å²) in [5.74, 6) is -0.584. The van der Waals surface area contributed by atoms with E-state index in [0.29, 0.717) is 0 Å². The summed E-state index contributed by atoms with van der Waals surface area (Å²) >= 11 is 0. The van der Waals surface area contributed by atoms with Crippen molar-refractivity contribution in [1.29, 1.82) is 0 Å². The summed E-state index contributed by atoms with van der Waals surface area (Å²) in [7, 11) is 0. The number of aliphatic hydroxyl groups excluding tert-OH is 2. The summed E-state index contributed by atoms with van der Waals surface area (Å²) in [4.78, 5) is 31.2. The number of carbonyl (C=O) groups excluding carboxylic acids is 1. The fourth-order valence-electron chi connectivity index (χ4n) is 4.21. The van der Waals surface area contributed by atoms with Gasteiger partial charge in [-0.15, -0.1) is 0 Å². The highest BCUT2D eigenvalue weighted by atomic mass is 16.6. The van der Waals surface area contributed by atoms with Crippen molar-refractivity contribution in [3.63, 3.8) is 0 Å². The maximum atomic E-state index is 12.0. The van der Waals surface area contributed by atoms with Crippen LogP contribution < -0.4 is 11.4 Å². The van der Waals surface area contributed by atoms with E-state index in [0.717, 1.165) is 43.0 Å². The molecule has 1 aliphatic heterocycles. The Balaban J connectivity index is 1.50. The van der Waals surface area contributed by atoms with E-state index in [1.54, 1.807) is 0 Å². The summed E-state index contributed by atoms with van der Waals surface area (Å²) in [6.07, 6.45) is 16.5. The van der Waals surface area contributed by atoms with Gasteiger partial charge in [0.1, 0.15) is 31.2 Å². The lowest BCUT2D eigenvalue weighted by Crippen LogP contribution is -2.36. The number of esters is 1. The molecule has 0 saturated carbocycles. The van der Waals surface area contributed by atoms with Gasteiger partial charge in [0.15, 0.2) is 6.23 Å². The Morgan fingerprint density at radius 3 is 2.28 bits per heavy atom. The van der Waals surface area contributed by atoms with Crippen LogP contribution in [0.15, 0.2) is 23.3 Å². The van der Waals surface area contributed by atoms with Crippen molar-refractivity contribution in [2.75, 3.05) is 12.3 Å². The third-order valence-corrected chi connectivity index (χ3v) is 6.41. The number of rotatable bonds is 18. The zero-order chi connectivity index (χ0) is 26.2. The minimum Gasteiger partial charge on any atom is -0.463 e. The minimum atomic E-state index is -1.40. The van der Waals surface area contributed by atoms with Gasteiger partial charge in [-0.2, -0.15) is 4.98 Å². The van der Waals surface area contributed by atoms with E-state index in [2.05, 4.69) is 29.0 Å². The van der Waals surface area contributed by atoms with Gasteiger partial charge < -0.3 is 25.4 Å². The molecule has 10 nitrogen and oxygen atoms in total. The summed E-state index contributed by atoms with van der Waals surface area (Å²) in [5, 5.41) is 20.4. The maximum Gasteiger partial charge on any atom is 0.354 e. The number of aromatic nitrogens is 3. The van der Waals surface area contributed by atoms with Gasteiger partial charge >= 0.3 is 11.7 Å². The van der Waals surface area contributed by atoms with Crippen molar-refractivity contribution in [2.45, 2.75) is 121 Å². The van der Waals surface area contributed by atoms with E-state index >= 15 is 0 Å². The van der Waals surface area contributed by atoms with E-state index in [1.165, 1.54) is 51.4 Å². The van der Waals surface area contributed by atoms with Crippen LogP contribution in [-0.4, -0.2) is 55.6 Å². The third-order valence-electron chi connectivity index (χ3n) is 6.41. The molecule has 0 bridgehead atoms. The van der Waals surface area contributed by atoms with Crippen LogP contribution >= 0.6 is 0 Å². The first-order valence-electron chi connectivity index (χ1n) is 13.5. The molecule has 4 N–H and O–H groups in total. The molecule has 1 aromatic rings. The minimum absolute atomic E-state index is 0.203. The average Bonchev–Trinajstić information content (AvgIpc) is 3.13. The molecule has 204 valence electrons. The molecule has 1 saturated heterocycles. The molecule has 2 rings (SSSR count). The van der Waals surface area contributed by atoms with Gasteiger partial charge in [-0.3, -0.25) is 9.36 Å². The molecular weight excluding hydrogens is 464 g/mol. The SMILES string of the molecule is CCCCCCCCC=CCCCCCCCC(=O)OC[C@H]1O[C@@H](n2cnc(N)nc2=O)[C@H](O)[C@@H]1O. The first kappa shape index (κ1) is 29.9. The largest absolute Gasteiger partial charge is 0.463 e. The lowest BCUT2D eigenvalue weighted by atomic mass is 10.1. The van der Waals surface area contributed by atoms with Crippen molar-refractivity contribution < 1.29 is 24.5 Å². The monoisotopic (exact) mass is 508 g/mol. The van der Waals surface area contributed by atoms with Gasteiger partial charge in [0.25, 0.3) is 0 Å². The van der Waals surface area contributed by atoms with Crippen LogP contribution in [0.2, 0.25) is 0 Å². The number of unbranched alkanes of at least 4 members (excludes halogenated alkanes) is 11. The molecule has 10 heteroatoms. The highest BCUT2D eigenvalue weighted by molar-refractivity contribution is 5.69. The number of carbonyl (C=O) groups is 1. The van der Waals surface area contributed by atoms with Gasteiger partial charge in [-0.25, -0.2) is 9.78 Å². The molecule has 36 heavy (non-hydrogen) atoms. The fraction of sp³-hybridized carbons (Fsp3) is 0.769. The highest BCUT2D eigenvalue weighted by Crippen LogP contribution is 2.28. The lowest BCUT2D eigenvalue weighted by molar-refractivity contribution is -0.150. The van der Waals surface area contributed by atoms with Crippen molar-refractivity contribution >= 4 is 11.9 Å². The molecule has 0 radical (unpaired) electrons. The molecule has 0 aliphatic carbocycles. The van der Waals surface area contributed by atoms with Crippen molar-refractivity contribution in [1.82, 2.24) is 14.5 Å². The van der Waals surface area contributed by atoms with Crippen molar-refractivity contribution in [3.8, 4) is 0 Å². The number of nitrogen functional groups attached to an aromatic ring is 1. The predicted molar refractivity (Wildman–Crippen MR) is 137 cm³/mol. The first-order valence-corrected chi connectivity index (χ1v) is 13.5. The maximum absolute atomic E-state index is 12.0. The number of nitrogens with zero attached hydrogens (tertiary/aromatic N) is 3. The summed E-state index contributed by atoms with van der Waals surface area (Å²) in [5.41, 5.74) is 4.60. The predicted octanol–water partition coefficient (Wildman–Crippen LogP) is 3.42. The standard InChI is InChI=1S/C26H44N4O6/c1-2-3-4-5-6-7-8-9-10-11-12-13-14-15-16-17-21(31)35-18-20-22(32)23(33)24(36-20)30-19-28-25(27)29-26(30)34/h9-10,19-20,22-24,32-33H,2-8,11-18H2,1H3,(H2,27,29,34)/t20-,22-,23-,24-/m1/s1. The van der Waals surface area contributed by atoms with Crippen LogP contribution in [-0.2, 0) is 14.3 Å². The highest BCUT2D eigenvalue weighted by Gasteiger charge is 2.44. The van der Waals surface area contributed by atoms with Crippen LogP contribution in [0.5, 0.6) is 0 Å². The van der Waals surface area contributed by atoms with E-state index in [9.17, 15) is 19.8 Å². The second-order valence-corrected chi connectivity index (χ2v) is 9.47. The Morgan fingerprint density at radius 2 is 1.64 bits per heavy atom. The van der Waals surface area contributed by atoms with Crippen LogP contribution in [0, 0.1) is 0 Å². The molecular formula is C26H44N4O6. The smallest absolute Gasteiger partial charge is 0.354 e. The summed E-state index contributed by atoms with van der Waals surface area (Å²) < 4.78 is 11.7. The van der Waals surface area contributed by atoms with Crippen LogP contribution in [0.25, 0.3) is 0 Å². The molecule has 1 aliphatic rings. The Labute approximate surface area is 213 Å². The third kappa shape index (κ3) is 10.8. The van der Waals surface area contributed by atoms with Gasteiger partial charge in [-0.1, -0.05) is 70.4 Å². The van der Waals surface area contributed by atoms with E-state index in [-0.39, 0.29) is 24.9 Å². The van der Waals surface area contributed by atoms with Crippen LogP contribution in [0.1, 0.15) is 103 Å². The topological polar surface area (TPSA) is 150 Å². The summed E-state index contributed by atoms with van der Waals surface area (Å²) in [6, 6.07) is 0. The van der Waals surface area contributed by atoms with E-state index in [4.69, 9.17) is 15.2 Å². The molecule has 0 unspecified atom stereocenters. The Morgan fingerprint density at radius 1 is 1.03 bits per heavy atom. The molecule has 2 heterocycles. The quantitative estimate of drug-likeness (QED) is 0.154. The average molecular weight is 509 g/mol. The Bertz CT molecular complexity index is 846. The normalized spacial score (nSPS) is 21.9. The lowest BCUT2D eigenvalue weighted by Gasteiger charge is -2.16. The molecule has 4 atom stereocenters. The Hall–Kier alpha value is -2.30. The van der Waals surface area contributed by atoms with E-state index in [1.807, 2.05) is 0 Å². The number of allylic oxidation sites excluding steroid dienone is 2. The molecule has 0 aromatic carbocycles. The van der Waals surface area contributed by atoms with Crippen LogP contribution in [0.4, 0.5) is 5.95 Å². The number of nitrogens with two attached hydrogens (primary N) is 1. The molecule has 0 spiro atoms. The zero-order valence-electron chi connectivity index (χ0n) is 21.6. The Kier molecular flexibility index (Phi) is 14.3. The first-order chi connectivity index (χ1) is 17.4. The zero-order valence-corrected chi connectivity index (χ0v) is 21.6.